The molecule has 4 rings (SSSR count). The van der Waals surface area contributed by atoms with E-state index in [9.17, 15) is 18.0 Å². The van der Waals surface area contributed by atoms with Gasteiger partial charge in [0.25, 0.3) is 10.0 Å². The van der Waals surface area contributed by atoms with Crippen molar-refractivity contribution in [2.24, 2.45) is 0 Å². The maximum Gasteiger partial charge on any atom is 0.264 e. The fourth-order valence-corrected chi connectivity index (χ4v) is 7.16. The van der Waals surface area contributed by atoms with E-state index in [0.29, 0.717) is 24.6 Å². The van der Waals surface area contributed by atoms with Crippen molar-refractivity contribution in [3.63, 3.8) is 0 Å². The summed E-state index contributed by atoms with van der Waals surface area (Å²) in [6.45, 7) is 4.38. The van der Waals surface area contributed by atoms with Gasteiger partial charge >= 0.3 is 0 Å². The molecule has 0 aliphatic heterocycles. The third-order valence-corrected chi connectivity index (χ3v) is 10.3. The van der Waals surface area contributed by atoms with E-state index in [1.807, 2.05) is 68.4 Å². The molecule has 1 unspecified atom stereocenters. The lowest BCUT2D eigenvalue weighted by Gasteiger charge is -2.34. The van der Waals surface area contributed by atoms with Gasteiger partial charge < -0.3 is 15.0 Å². The number of benzene rings is 4. The Bertz CT molecular complexity index is 1720. The summed E-state index contributed by atoms with van der Waals surface area (Å²) in [6, 6.07) is 28.9. The zero-order chi connectivity index (χ0) is 33.8. The number of carbonyl (C=O) groups excluding carboxylic acids is 2. The molecular formula is C36H39Br2N3O5S. The number of rotatable bonds is 16. The molecule has 0 saturated heterocycles. The van der Waals surface area contributed by atoms with Gasteiger partial charge in [0.2, 0.25) is 11.8 Å². The molecule has 0 spiro atoms. The Hall–Kier alpha value is -3.67. The molecule has 4 aromatic rings. The van der Waals surface area contributed by atoms with Crippen LogP contribution in [0.25, 0.3) is 0 Å². The molecule has 2 amide bonds. The Morgan fingerprint density at radius 2 is 1.51 bits per heavy atom. The number of ether oxygens (including phenoxy) is 1. The topological polar surface area (TPSA) is 96.0 Å². The number of halogens is 2. The van der Waals surface area contributed by atoms with E-state index in [2.05, 4.69) is 37.2 Å². The molecule has 0 aromatic heterocycles. The number of amides is 2. The molecule has 1 N–H and O–H groups in total. The van der Waals surface area contributed by atoms with E-state index in [0.717, 1.165) is 37.2 Å². The zero-order valence-corrected chi connectivity index (χ0v) is 30.4. The van der Waals surface area contributed by atoms with Crippen molar-refractivity contribution in [2.75, 3.05) is 24.0 Å². The van der Waals surface area contributed by atoms with E-state index < -0.39 is 28.5 Å². The van der Waals surface area contributed by atoms with E-state index in [-0.39, 0.29) is 23.8 Å². The standard InChI is InChI=1S/C36H39Br2N3O5S/c1-3-5-22-39-36(43)34(24-27-10-7-6-8-11-27)40(25-28-12-9-13-30(38)23-28)35(42)26-41(31-16-18-32(19-17-31)46-4-2)47(44,45)33-20-14-29(37)15-21-33/h6-21,23,34H,3-5,22,24-26H2,1-2H3,(H,39,43). The summed E-state index contributed by atoms with van der Waals surface area (Å²) in [5, 5.41) is 3.01. The highest BCUT2D eigenvalue weighted by molar-refractivity contribution is 9.10. The fourth-order valence-electron chi connectivity index (χ4n) is 5.03. The molecule has 4 aromatic carbocycles. The monoisotopic (exact) mass is 783 g/mol. The minimum Gasteiger partial charge on any atom is -0.494 e. The van der Waals surface area contributed by atoms with Crippen LogP contribution in [0.3, 0.4) is 0 Å². The first-order valence-electron chi connectivity index (χ1n) is 15.5. The average Bonchev–Trinajstić information content (AvgIpc) is 3.06. The van der Waals surface area contributed by atoms with Crippen molar-refractivity contribution < 1.29 is 22.7 Å². The van der Waals surface area contributed by atoms with Gasteiger partial charge in [0.1, 0.15) is 18.3 Å². The molecule has 0 radical (unpaired) electrons. The van der Waals surface area contributed by atoms with E-state index in [1.54, 1.807) is 36.4 Å². The highest BCUT2D eigenvalue weighted by Crippen LogP contribution is 2.28. The second-order valence-electron chi connectivity index (χ2n) is 10.9. The Morgan fingerprint density at radius 3 is 2.15 bits per heavy atom. The molecule has 0 saturated carbocycles. The van der Waals surface area contributed by atoms with E-state index in [4.69, 9.17) is 4.74 Å². The molecule has 1 atom stereocenters. The maximum atomic E-state index is 14.6. The first-order chi connectivity index (χ1) is 22.6. The van der Waals surface area contributed by atoms with Crippen LogP contribution in [-0.4, -0.2) is 50.9 Å². The normalized spacial score (nSPS) is 11.8. The van der Waals surface area contributed by atoms with Crippen LogP contribution >= 0.6 is 31.9 Å². The van der Waals surface area contributed by atoms with Gasteiger partial charge in [-0.25, -0.2) is 8.42 Å². The SMILES string of the molecule is CCCCNC(=O)C(Cc1ccccc1)N(Cc1cccc(Br)c1)C(=O)CN(c1ccc(OCC)cc1)S(=O)(=O)c1ccc(Br)cc1. The Labute approximate surface area is 294 Å². The summed E-state index contributed by atoms with van der Waals surface area (Å²) < 4.78 is 36.6. The van der Waals surface area contributed by atoms with Gasteiger partial charge in [0.15, 0.2) is 0 Å². The van der Waals surface area contributed by atoms with Gasteiger partial charge in [-0.05, 0) is 85.1 Å². The highest BCUT2D eigenvalue weighted by Gasteiger charge is 2.34. The third-order valence-electron chi connectivity index (χ3n) is 7.46. The molecule has 0 aliphatic carbocycles. The van der Waals surface area contributed by atoms with Crippen molar-refractivity contribution >= 4 is 59.4 Å². The fraction of sp³-hybridized carbons (Fsp3) is 0.278. The smallest absolute Gasteiger partial charge is 0.264 e. The van der Waals surface area contributed by atoms with Crippen molar-refractivity contribution in [3.8, 4) is 5.75 Å². The molecular weight excluding hydrogens is 746 g/mol. The summed E-state index contributed by atoms with van der Waals surface area (Å²) in [6.07, 6.45) is 1.94. The quantitative estimate of drug-likeness (QED) is 0.120. The highest BCUT2D eigenvalue weighted by atomic mass is 79.9. The molecule has 0 bridgehead atoms. The van der Waals surface area contributed by atoms with Crippen molar-refractivity contribution in [1.82, 2.24) is 10.2 Å². The minimum absolute atomic E-state index is 0.0269. The largest absolute Gasteiger partial charge is 0.494 e. The molecule has 0 aliphatic rings. The predicted octanol–water partition coefficient (Wildman–Crippen LogP) is 7.36. The molecule has 11 heteroatoms. The van der Waals surface area contributed by atoms with Gasteiger partial charge in [-0.2, -0.15) is 0 Å². The van der Waals surface area contributed by atoms with Crippen LogP contribution < -0.4 is 14.4 Å². The zero-order valence-electron chi connectivity index (χ0n) is 26.4. The lowest BCUT2D eigenvalue weighted by molar-refractivity contribution is -0.140. The second kappa shape index (κ2) is 17.5. The van der Waals surface area contributed by atoms with Crippen LogP contribution in [0.2, 0.25) is 0 Å². The van der Waals surface area contributed by atoms with Crippen LogP contribution in [-0.2, 0) is 32.6 Å². The molecule has 47 heavy (non-hydrogen) atoms. The Balaban J connectivity index is 1.79. The van der Waals surface area contributed by atoms with Crippen molar-refractivity contribution in [1.29, 1.82) is 0 Å². The first kappa shape index (κ1) is 36.2. The number of sulfonamides is 1. The summed E-state index contributed by atoms with van der Waals surface area (Å²) in [4.78, 5) is 30.0. The van der Waals surface area contributed by atoms with Crippen LogP contribution in [0, 0.1) is 0 Å². The van der Waals surface area contributed by atoms with Crippen LogP contribution in [0.5, 0.6) is 5.75 Å². The lowest BCUT2D eigenvalue weighted by atomic mass is 10.0. The van der Waals surface area contributed by atoms with Gasteiger partial charge in [-0.3, -0.25) is 13.9 Å². The number of carbonyl (C=O) groups is 2. The van der Waals surface area contributed by atoms with Gasteiger partial charge in [0.05, 0.1) is 17.2 Å². The Kier molecular flexibility index (Phi) is 13.4. The number of nitrogens with zero attached hydrogens (tertiary/aromatic N) is 2. The summed E-state index contributed by atoms with van der Waals surface area (Å²) in [5.74, 6) is -0.244. The first-order valence-corrected chi connectivity index (χ1v) is 18.5. The average molecular weight is 786 g/mol. The summed E-state index contributed by atoms with van der Waals surface area (Å²) in [5.41, 5.74) is 1.95. The van der Waals surface area contributed by atoms with Gasteiger partial charge in [-0.1, -0.05) is 87.7 Å². The van der Waals surface area contributed by atoms with Crippen LogP contribution in [0.1, 0.15) is 37.8 Å². The van der Waals surface area contributed by atoms with Crippen molar-refractivity contribution in [2.45, 2.75) is 50.6 Å². The molecule has 0 heterocycles. The van der Waals surface area contributed by atoms with E-state index in [1.165, 1.54) is 17.0 Å². The van der Waals surface area contributed by atoms with Crippen LogP contribution in [0.4, 0.5) is 5.69 Å². The van der Waals surface area contributed by atoms with Gasteiger partial charge in [0, 0.05) is 28.5 Å². The molecule has 0 fully saturated rings. The minimum atomic E-state index is -4.21. The van der Waals surface area contributed by atoms with E-state index >= 15 is 0 Å². The third kappa shape index (κ3) is 10.2. The predicted molar refractivity (Wildman–Crippen MR) is 193 cm³/mol. The number of anilines is 1. The lowest BCUT2D eigenvalue weighted by Crippen LogP contribution is -2.53. The van der Waals surface area contributed by atoms with Gasteiger partial charge in [-0.15, -0.1) is 0 Å². The number of hydrogen-bond donors (Lipinski definition) is 1. The second-order valence-corrected chi connectivity index (χ2v) is 14.6. The maximum absolute atomic E-state index is 14.6. The number of nitrogens with one attached hydrogen (secondary N) is 1. The number of hydrogen-bond acceptors (Lipinski definition) is 5. The molecule has 248 valence electrons. The Morgan fingerprint density at radius 1 is 0.830 bits per heavy atom. The summed E-state index contributed by atoms with van der Waals surface area (Å²) >= 11 is 6.88. The van der Waals surface area contributed by atoms with Crippen LogP contribution in [0.15, 0.2) is 117 Å². The molecule has 8 nitrogen and oxygen atoms in total. The van der Waals surface area contributed by atoms with Crippen molar-refractivity contribution in [3.05, 3.63) is 123 Å². The number of unbranched alkanes of at least 4 members (excludes halogenated alkanes) is 1. The summed E-state index contributed by atoms with van der Waals surface area (Å²) in [7, 11) is -4.21.